The summed E-state index contributed by atoms with van der Waals surface area (Å²) in [4.78, 5) is 21.0. The lowest BCUT2D eigenvalue weighted by Gasteiger charge is -2.12. The monoisotopic (exact) mass is 410 g/mol. The van der Waals surface area contributed by atoms with Gasteiger partial charge in [0.15, 0.2) is 18.1 Å². The van der Waals surface area contributed by atoms with Crippen LogP contribution in [0.5, 0.6) is 11.5 Å². The first-order valence-corrected chi connectivity index (χ1v) is 9.29. The van der Waals surface area contributed by atoms with Gasteiger partial charge in [-0.1, -0.05) is 6.07 Å². The van der Waals surface area contributed by atoms with Gasteiger partial charge in [-0.3, -0.25) is 14.9 Å². The van der Waals surface area contributed by atoms with Crippen molar-refractivity contribution in [2.45, 2.75) is 11.4 Å². The number of primary amides is 1. The number of ether oxygens (including phenoxy) is 2. The molecule has 1 amide bonds. The number of methoxy groups -OCH3 is 1. The van der Waals surface area contributed by atoms with E-state index in [1.807, 2.05) is 0 Å². The Labute approximate surface area is 160 Å². The van der Waals surface area contributed by atoms with Gasteiger partial charge < -0.3 is 20.5 Å². The third-order valence-corrected chi connectivity index (χ3v) is 4.49. The van der Waals surface area contributed by atoms with Crippen LogP contribution in [-0.2, 0) is 21.4 Å². The summed E-state index contributed by atoms with van der Waals surface area (Å²) in [6.45, 7) is -0.140. The highest BCUT2D eigenvalue weighted by Crippen LogP contribution is 2.30. The van der Waals surface area contributed by atoms with Crippen molar-refractivity contribution in [2.24, 2.45) is 10.9 Å². The van der Waals surface area contributed by atoms with Crippen LogP contribution >= 0.6 is 0 Å². The van der Waals surface area contributed by atoms with Gasteiger partial charge in [-0.15, -0.1) is 0 Å². The van der Waals surface area contributed by atoms with Crippen molar-refractivity contribution in [2.75, 3.05) is 19.0 Å². The minimum atomic E-state index is -4.06. The van der Waals surface area contributed by atoms with Crippen molar-refractivity contribution >= 4 is 27.3 Å². The zero-order valence-corrected chi connectivity index (χ0v) is 15.6. The van der Waals surface area contributed by atoms with Crippen molar-refractivity contribution in [1.29, 1.82) is 0 Å². The molecule has 0 saturated carbocycles. The Morgan fingerprint density at radius 2 is 1.93 bits per heavy atom. The summed E-state index contributed by atoms with van der Waals surface area (Å²) in [7, 11) is -2.65. The molecule has 2 aromatic carbocycles. The molecule has 0 atom stereocenters. The fraction of sp³-hybridized carbons (Fsp3) is 0.188. The molecule has 2 rings (SSSR count). The average Bonchev–Trinajstić information content (AvgIpc) is 2.63. The number of hydrogen-bond acceptors (Lipinski definition) is 8. The number of nitro groups is 1. The fourth-order valence-electron chi connectivity index (χ4n) is 2.28. The SMILES string of the molecule is COc1cc(CNc2ccc(S(N)(=O)=O)cc2[N+](=O)[O-])ccc1OCC(N)=O. The van der Waals surface area contributed by atoms with Crippen molar-refractivity contribution < 1.29 is 27.6 Å². The second-order valence-corrected chi connectivity index (χ2v) is 7.14. The number of nitrogens with one attached hydrogen (secondary N) is 1. The third-order valence-electron chi connectivity index (χ3n) is 3.58. The van der Waals surface area contributed by atoms with Crippen LogP contribution in [0.2, 0.25) is 0 Å². The van der Waals surface area contributed by atoms with Gasteiger partial charge in [0.2, 0.25) is 10.0 Å². The predicted octanol–water partition coefficient (Wildman–Crippen LogP) is 0.727. The first-order chi connectivity index (χ1) is 13.1. The summed E-state index contributed by atoms with van der Waals surface area (Å²) >= 11 is 0. The van der Waals surface area contributed by atoms with Gasteiger partial charge in [0.05, 0.1) is 16.9 Å². The summed E-state index contributed by atoms with van der Waals surface area (Å²) in [5.41, 5.74) is 5.41. The highest BCUT2D eigenvalue weighted by molar-refractivity contribution is 7.89. The number of anilines is 1. The third kappa shape index (κ3) is 5.31. The Morgan fingerprint density at radius 1 is 1.21 bits per heavy atom. The number of rotatable bonds is 9. The van der Waals surface area contributed by atoms with Crippen molar-refractivity contribution in [3.63, 3.8) is 0 Å². The van der Waals surface area contributed by atoms with Crippen LogP contribution in [0.1, 0.15) is 5.56 Å². The van der Waals surface area contributed by atoms with E-state index in [9.17, 15) is 23.3 Å². The van der Waals surface area contributed by atoms with Crippen molar-refractivity contribution in [3.8, 4) is 11.5 Å². The predicted molar refractivity (Wildman–Crippen MR) is 99.5 cm³/mol. The molecule has 150 valence electrons. The van der Waals surface area contributed by atoms with E-state index in [1.165, 1.54) is 19.2 Å². The van der Waals surface area contributed by atoms with E-state index in [0.29, 0.717) is 17.1 Å². The summed E-state index contributed by atoms with van der Waals surface area (Å²) in [6, 6.07) is 8.17. The summed E-state index contributed by atoms with van der Waals surface area (Å²) in [5.74, 6) is 0.0243. The Kier molecular flexibility index (Phi) is 6.38. The topological polar surface area (TPSA) is 177 Å². The molecule has 11 nitrogen and oxygen atoms in total. The highest BCUT2D eigenvalue weighted by atomic mass is 32.2. The smallest absolute Gasteiger partial charge is 0.293 e. The summed E-state index contributed by atoms with van der Waals surface area (Å²) < 4.78 is 33.2. The zero-order valence-electron chi connectivity index (χ0n) is 14.7. The minimum absolute atomic E-state index is 0.116. The average molecular weight is 410 g/mol. The van der Waals surface area contributed by atoms with Gasteiger partial charge in [-0.05, 0) is 29.8 Å². The zero-order chi connectivity index (χ0) is 20.9. The lowest BCUT2D eigenvalue weighted by Crippen LogP contribution is -2.20. The molecule has 0 aliphatic carbocycles. The number of primary sulfonamides is 1. The number of nitrogens with zero attached hydrogens (tertiary/aromatic N) is 1. The first kappa shape index (κ1) is 20.9. The second-order valence-electron chi connectivity index (χ2n) is 5.57. The molecule has 0 spiro atoms. The van der Waals surface area contributed by atoms with Crippen LogP contribution in [0, 0.1) is 10.1 Å². The fourth-order valence-corrected chi connectivity index (χ4v) is 2.81. The highest BCUT2D eigenvalue weighted by Gasteiger charge is 2.19. The number of amides is 1. The van der Waals surface area contributed by atoms with E-state index >= 15 is 0 Å². The molecule has 0 radical (unpaired) electrons. The van der Waals surface area contributed by atoms with E-state index in [4.69, 9.17) is 20.3 Å². The molecular formula is C16H18N4O7S. The summed E-state index contributed by atoms with van der Waals surface area (Å²) in [6.07, 6.45) is 0. The van der Waals surface area contributed by atoms with E-state index in [2.05, 4.69) is 5.32 Å². The van der Waals surface area contributed by atoms with Gasteiger partial charge in [0.1, 0.15) is 5.69 Å². The Bertz CT molecular complexity index is 1010. The number of carbonyl (C=O) groups excluding carboxylic acids is 1. The number of carbonyl (C=O) groups is 1. The Hall–Kier alpha value is -3.38. The largest absolute Gasteiger partial charge is 0.493 e. The first-order valence-electron chi connectivity index (χ1n) is 7.75. The van der Waals surface area contributed by atoms with Crippen molar-refractivity contribution in [1.82, 2.24) is 0 Å². The van der Waals surface area contributed by atoms with Gasteiger partial charge in [-0.25, -0.2) is 13.6 Å². The van der Waals surface area contributed by atoms with Gasteiger partial charge >= 0.3 is 0 Å². The molecule has 28 heavy (non-hydrogen) atoms. The lowest BCUT2D eigenvalue weighted by atomic mass is 10.2. The molecule has 0 aliphatic heterocycles. The molecule has 0 unspecified atom stereocenters. The van der Waals surface area contributed by atoms with Crippen LogP contribution < -0.4 is 25.7 Å². The molecular weight excluding hydrogens is 392 g/mol. The molecule has 0 saturated heterocycles. The van der Waals surface area contributed by atoms with Crippen LogP contribution in [-0.4, -0.2) is 33.0 Å². The molecule has 12 heteroatoms. The number of nitrogens with two attached hydrogens (primary N) is 2. The normalized spacial score (nSPS) is 10.9. The Balaban J connectivity index is 2.21. The molecule has 0 aromatic heterocycles. The molecule has 0 aliphatic rings. The molecule has 0 bridgehead atoms. The van der Waals surface area contributed by atoms with Crippen LogP contribution in [0.25, 0.3) is 0 Å². The lowest BCUT2D eigenvalue weighted by molar-refractivity contribution is -0.384. The van der Waals surface area contributed by atoms with E-state index in [0.717, 1.165) is 6.07 Å². The number of sulfonamides is 1. The maximum atomic E-state index is 11.4. The molecule has 5 N–H and O–H groups in total. The van der Waals surface area contributed by atoms with Crippen molar-refractivity contribution in [3.05, 3.63) is 52.1 Å². The maximum absolute atomic E-state index is 11.4. The summed E-state index contributed by atoms with van der Waals surface area (Å²) in [5, 5.41) is 19.1. The molecule has 0 fully saturated rings. The quantitative estimate of drug-likeness (QED) is 0.400. The van der Waals surface area contributed by atoms with E-state index < -0.39 is 26.5 Å². The maximum Gasteiger partial charge on any atom is 0.293 e. The van der Waals surface area contributed by atoms with Crippen LogP contribution in [0.15, 0.2) is 41.3 Å². The van der Waals surface area contributed by atoms with Crippen LogP contribution in [0.3, 0.4) is 0 Å². The number of benzene rings is 2. The van der Waals surface area contributed by atoms with E-state index in [-0.39, 0.29) is 23.7 Å². The number of nitro benzene ring substituents is 1. The standard InChI is InChI=1S/C16H18N4O7S/c1-26-15-6-10(2-5-14(15)27-9-16(17)21)8-19-12-4-3-11(28(18,24)25)7-13(12)20(22)23/h2-7,19H,8-9H2,1H3,(H2,17,21)(H2,18,24,25). The molecule has 0 heterocycles. The minimum Gasteiger partial charge on any atom is -0.493 e. The number of hydrogen-bond donors (Lipinski definition) is 3. The van der Waals surface area contributed by atoms with E-state index in [1.54, 1.807) is 18.2 Å². The second kappa shape index (κ2) is 8.54. The van der Waals surface area contributed by atoms with Gasteiger partial charge in [-0.2, -0.15) is 0 Å². The van der Waals surface area contributed by atoms with Crippen LogP contribution in [0.4, 0.5) is 11.4 Å². The Morgan fingerprint density at radius 3 is 2.50 bits per heavy atom. The van der Waals surface area contributed by atoms with Gasteiger partial charge in [0, 0.05) is 12.6 Å². The molecule has 2 aromatic rings. The van der Waals surface area contributed by atoms with Gasteiger partial charge in [0.25, 0.3) is 11.6 Å².